The van der Waals surface area contributed by atoms with Crippen LogP contribution < -0.4 is 0 Å². The van der Waals surface area contributed by atoms with E-state index in [0.29, 0.717) is 45.0 Å². The summed E-state index contributed by atoms with van der Waals surface area (Å²) in [4.78, 5) is 31.6. The Morgan fingerprint density at radius 1 is 1.14 bits per heavy atom. The Bertz CT molecular complexity index is 757. The van der Waals surface area contributed by atoms with Gasteiger partial charge >= 0.3 is 0 Å². The van der Waals surface area contributed by atoms with Crippen LogP contribution in [0.4, 0.5) is 4.39 Å². The molecule has 3 saturated heterocycles. The highest BCUT2D eigenvalue weighted by atomic mass is 19.1. The van der Waals surface area contributed by atoms with E-state index >= 15 is 0 Å². The second kappa shape index (κ2) is 8.40. The van der Waals surface area contributed by atoms with E-state index in [-0.39, 0.29) is 35.5 Å². The Morgan fingerprint density at radius 2 is 1.86 bits per heavy atom. The summed E-state index contributed by atoms with van der Waals surface area (Å²) in [5.74, 6) is -0.0344. The van der Waals surface area contributed by atoms with Gasteiger partial charge in [-0.25, -0.2) is 4.39 Å². The molecular weight excluding hydrogens is 373 g/mol. The van der Waals surface area contributed by atoms with Crippen LogP contribution in [0.25, 0.3) is 0 Å². The van der Waals surface area contributed by atoms with E-state index in [1.165, 1.54) is 12.1 Å². The Morgan fingerprint density at radius 3 is 2.55 bits per heavy atom. The molecule has 6 nitrogen and oxygen atoms in total. The van der Waals surface area contributed by atoms with Crippen molar-refractivity contribution in [2.75, 3.05) is 53.0 Å². The Hall–Kier alpha value is -1.99. The maximum absolute atomic E-state index is 13.4. The minimum atomic E-state index is -0.308. The number of piperidine rings is 1. The molecule has 1 spiro atoms. The van der Waals surface area contributed by atoms with E-state index in [2.05, 4.69) is 4.90 Å². The number of carbonyl (C=O) groups is 2. The number of amides is 2. The predicted octanol–water partition coefficient (Wildman–Crippen LogP) is 1.54. The van der Waals surface area contributed by atoms with Crippen LogP contribution in [0.2, 0.25) is 0 Å². The number of carbonyl (C=O) groups excluding carboxylic acids is 2. The molecule has 4 rings (SSSR count). The number of rotatable bonds is 3. The van der Waals surface area contributed by atoms with Crippen molar-refractivity contribution in [3.63, 3.8) is 0 Å². The average Bonchev–Trinajstić information content (AvgIpc) is 3.04. The number of benzene rings is 1. The fourth-order valence-electron chi connectivity index (χ4n) is 5.07. The summed E-state index contributed by atoms with van der Waals surface area (Å²) in [5.41, 5.74) is 0.823. The van der Waals surface area contributed by atoms with E-state index in [4.69, 9.17) is 4.74 Å². The van der Waals surface area contributed by atoms with E-state index < -0.39 is 0 Å². The summed E-state index contributed by atoms with van der Waals surface area (Å²) in [7, 11) is 2.04. The molecule has 7 heteroatoms. The van der Waals surface area contributed by atoms with Gasteiger partial charge in [0.25, 0.3) is 0 Å². The van der Waals surface area contributed by atoms with Gasteiger partial charge in [0.05, 0.1) is 25.7 Å². The zero-order valence-electron chi connectivity index (χ0n) is 17.1. The number of hydrogen-bond donors (Lipinski definition) is 0. The summed E-state index contributed by atoms with van der Waals surface area (Å²) in [6.45, 7) is 4.92. The molecule has 29 heavy (non-hydrogen) atoms. The molecule has 0 bridgehead atoms. The second-order valence-corrected chi connectivity index (χ2v) is 8.76. The van der Waals surface area contributed by atoms with Crippen molar-refractivity contribution in [2.24, 2.45) is 5.41 Å². The summed E-state index contributed by atoms with van der Waals surface area (Å²) >= 11 is 0. The maximum atomic E-state index is 13.4. The third-order valence-electron chi connectivity index (χ3n) is 6.77. The highest BCUT2D eigenvalue weighted by molar-refractivity contribution is 5.82. The van der Waals surface area contributed by atoms with E-state index in [0.717, 1.165) is 25.8 Å². The van der Waals surface area contributed by atoms with Crippen molar-refractivity contribution in [1.82, 2.24) is 14.7 Å². The largest absolute Gasteiger partial charge is 0.378 e. The van der Waals surface area contributed by atoms with Crippen LogP contribution in [-0.2, 0) is 20.7 Å². The third-order valence-corrected chi connectivity index (χ3v) is 6.77. The topological polar surface area (TPSA) is 53.1 Å². The van der Waals surface area contributed by atoms with Crippen LogP contribution in [0.3, 0.4) is 0 Å². The van der Waals surface area contributed by atoms with Crippen LogP contribution in [0.15, 0.2) is 24.3 Å². The first kappa shape index (κ1) is 20.3. The molecule has 0 aromatic heterocycles. The molecule has 1 aromatic carbocycles. The van der Waals surface area contributed by atoms with Crippen molar-refractivity contribution in [3.8, 4) is 0 Å². The zero-order valence-corrected chi connectivity index (χ0v) is 17.1. The normalized spacial score (nSPS) is 24.8. The number of likely N-dealkylation sites (tertiary alicyclic amines) is 2. The predicted molar refractivity (Wildman–Crippen MR) is 107 cm³/mol. The van der Waals surface area contributed by atoms with Crippen LogP contribution in [0, 0.1) is 11.2 Å². The molecule has 3 aliphatic rings. The molecule has 3 heterocycles. The lowest BCUT2D eigenvalue weighted by molar-refractivity contribution is -0.140. The van der Waals surface area contributed by atoms with Gasteiger partial charge in [-0.15, -0.1) is 0 Å². The summed E-state index contributed by atoms with van der Waals surface area (Å²) in [5, 5.41) is 0. The van der Waals surface area contributed by atoms with Gasteiger partial charge in [0.15, 0.2) is 0 Å². The van der Waals surface area contributed by atoms with Gasteiger partial charge in [-0.05, 0) is 49.4 Å². The lowest BCUT2D eigenvalue weighted by Gasteiger charge is -2.39. The number of nitrogens with zero attached hydrogens (tertiary/aromatic N) is 3. The molecule has 3 fully saturated rings. The molecule has 0 N–H and O–H groups in total. The van der Waals surface area contributed by atoms with E-state index in [1.54, 1.807) is 12.1 Å². The Labute approximate surface area is 171 Å². The lowest BCUT2D eigenvalue weighted by atomic mass is 9.76. The summed E-state index contributed by atoms with van der Waals surface area (Å²) < 4.78 is 18.7. The van der Waals surface area contributed by atoms with Gasteiger partial charge in [0, 0.05) is 32.7 Å². The molecule has 3 aliphatic heterocycles. The van der Waals surface area contributed by atoms with Crippen molar-refractivity contribution in [2.45, 2.75) is 31.7 Å². The highest BCUT2D eigenvalue weighted by Gasteiger charge is 2.47. The van der Waals surface area contributed by atoms with Crippen LogP contribution in [0.1, 0.15) is 24.8 Å². The molecule has 2 amide bonds. The van der Waals surface area contributed by atoms with Crippen LogP contribution in [0.5, 0.6) is 0 Å². The quantitative estimate of drug-likeness (QED) is 0.768. The first-order valence-electron chi connectivity index (χ1n) is 10.5. The van der Waals surface area contributed by atoms with Gasteiger partial charge in [-0.2, -0.15) is 0 Å². The Kier molecular flexibility index (Phi) is 5.88. The molecular formula is C22H30FN3O3. The lowest BCUT2D eigenvalue weighted by Crippen LogP contribution is -2.48. The zero-order chi connectivity index (χ0) is 20.4. The fourth-order valence-corrected chi connectivity index (χ4v) is 5.07. The molecule has 158 valence electrons. The first-order valence-corrected chi connectivity index (χ1v) is 10.5. The van der Waals surface area contributed by atoms with Crippen molar-refractivity contribution in [1.29, 1.82) is 0 Å². The number of ether oxygens (including phenoxy) is 1. The van der Waals surface area contributed by atoms with Crippen LogP contribution >= 0.6 is 0 Å². The number of halogens is 1. The maximum Gasteiger partial charge on any atom is 0.240 e. The second-order valence-electron chi connectivity index (χ2n) is 8.76. The number of hydrogen-bond acceptors (Lipinski definition) is 4. The molecule has 1 atom stereocenters. The van der Waals surface area contributed by atoms with E-state index in [1.807, 2.05) is 16.8 Å². The van der Waals surface area contributed by atoms with Gasteiger partial charge < -0.3 is 14.5 Å². The highest BCUT2D eigenvalue weighted by Crippen LogP contribution is 2.43. The van der Waals surface area contributed by atoms with Crippen molar-refractivity contribution >= 4 is 11.8 Å². The molecule has 0 aliphatic carbocycles. The summed E-state index contributed by atoms with van der Waals surface area (Å²) in [6, 6.07) is 6.19. The van der Waals surface area contributed by atoms with Gasteiger partial charge in [-0.3, -0.25) is 14.5 Å². The van der Waals surface area contributed by atoms with Gasteiger partial charge in [0.1, 0.15) is 5.82 Å². The van der Waals surface area contributed by atoms with E-state index in [9.17, 15) is 14.0 Å². The van der Waals surface area contributed by atoms with Crippen molar-refractivity contribution < 1.29 is 18.7 Å². The minimum Gasteiger partial charge on any atom is -0.378 e. The standard InChI is InChI=1S/C22H30FN3O3/c1-24-16-22(15-19(24)21(28)26-9-11-29-12-10-26)5-7-25(8-6-22)20(27)14-17-3-2-4-18(23)13-17/h2-4,13,19H,5-12,14-16H2,1H3. The van der Waals surface area contributed by atoms with Crippen molar-refractivity contribution in [3.05, 3.63) is 35.6 Å². The minimum absolute atomic E-state index is 0.0535. The molecule has 0 saturated carbocycles. The third kappa shape index (κ3) is 4.46. The molecule has 0 radical (unpaired) electrons. The Balaban J connectivity index is 1.32. The van der Waals surface area contributed by atoms with Gasteiger partial charge in [0.2, 0.25) is 11.8 Å². The number of likely N-dealkylation sites (N-methyl/N-ethyl adjacent to an activating group) is 1. The molecule has 1 unspecified atom stereocenters. The SMILES string of the molecule is CN1CC2(CCN(C(=O)Cc3cccc(F)c3)CC2)CC1C(=O)N1CCOCC1. The first-order chi connectivity index (χ1) is 14.0. The fraction of sp³-hybridized carbons (Fsp3) is 0.636. The average molecular weight is 403 g/mol. The number of morpholine rings is 1. The molecule has 1 aromatic rings. The monoisotopic (exact) mass is 403 g/mol. The smallest absolute Gasteiger partial charge is 0.240 e. The van der Waals surface area contributed by atoms with Gasteiger partial charge in [-0.1, -0.05) is 12.1 Å². The summed E-state index contributed by atoms with van der Waals surface area (Å²) in [6.07, 6.45) is 2.94. The van der Waals surface area contributed by atoms with Crippen LogP contribution in [-0.4, -0.2) is 85.5 Å².